The summed E-state index contributed by atoms with van der Waals surface area (Å²) < 4.78 is 11.5. The van der Waals surface area contributed by atoms with Gasteiger partial charge in [0.25, 0.3) is 5.91 Å². The molecule has 0 unspecified atom stereocenters. The van der Waals surface area contributed by atoms with Crippen molar-refractivity contribution in [2.75, 3.05) is 45.9 Å². The highest BCUT2D eigenvalue weighted by atomic mass is 16.6. The van der Waals surface area contributed by atoms with E-state index in [1.54, 1.807) is 17.2 Å². The van der Waals surface area contributed by atoms with E-state index in [1.165, 1.54) is 0 Å². The Labute approximate surface area is 271 Å². The number of rotatable bonds is 5. The van der Waals surface area contributed by atoms with Gasteiger partial charge in [0.2, 0.25) is 11.8 Å². The summed E-state index contributed by atoms with van der Waals surface area (Å²) in [7, 11) is 0. The topological polar surface area (TPSA) is 104 Å². The predicted molar refractivity (Wildman–Crippen MR) is 176 cm³/mol. The molecular weight excluding hydrogens is 582 g/mol. The van der Waals surface area contributed by atoms with E-state index in [0.717, 1.165) is 66.7 Å². The fourth-order valence-electron chi connectivity index (χ4n) is 6.81. The number of nitrogens with zero attached hydrogens (tertiary/aromatic N) is 4. The van der Waals surface area contributed by atoms with Crippen LogP contribution in [0, 0.1) is 5.92 Å². The number of carbonyl (C=O) groups is 3. The van der Waals surface area contributed by atoms with Crippen LogP contribution in [-0.2, 0) is 16.1 Å². The lowest BCUT2D eigenvalue weighted by Gasteiger charge is -2.31. The van der Waals surface area contributed by atoms with Crippen molar-refractivity contribution in [3.63, 3.8) is 0 Å². The molecule has 46 heavy (non-hydrogen) atoms. The number of benzene rings is 2. The van der Waals surface area contributed by atoms with E-state index in [-0.39, 0.29) is 29.7 Å². The van der Waals surface area contributed by atoms with Crippen LogP contribution in [0.3, 0.4) is 0 Å². The van der Waals surface area contributed by atoms with Gasteiger partial charge in [0.15, 0.2) is 11.5 Å². The summed E-state index contributed by atoms with van der Waals surface area (Å²) in [6.07, 6.45) is 5.08. The molecule has 2 aromatic carbocycles. The summed E-state index contributed by atoms with van der Waals surface area (Å²) in [5, 5.41) is 4.97. The highest BCUT2D eigenvalue weighted by molar-refractivity contribution is 5.99. The molecule has 10 nitrogen and oxygen atoms in total. The van der Waals surface area contributed by atoms with E-state index in [0.29, 0.717) is 51.4 Å². The molecule has 2 fully saturated rings. The molecule has 1 aromatic heterocycles. The zero-order valence-electron chi connectivity index (χ0n) is 27.0. The number of fused-ring (bicyclic) bond motifs is 4. The molecule has 0 radical (unpaired) electrons. The van der Waals surface area contributed by atoms with Crippen LogP contribution in [0.2, 0.25) is 0 Å². The lowest BCUT2D eigenvalue weighted by molar-refractivity contribution is -0.134. The fourth-order valence-corrected chi connectivity index (χ4v) is 6.81. The third kappa shape index (κ3) is 7.44. The molecule has 2 atom stereocenters. The minimum Gasteiger partial charge on any atom is -0.486 e. The Hall–Kier alpha value is -4.18. The Morgan fingerprint density at radius 2 is 1.72 bits per heavy atom. The van der Waals surface area contributed by atoms with Crippen LogP contribution in [0.5, 0.6) is 11.5 Å². The first kappa shape index (κ1) is 31.8. The quantitative estimate of drug-likeness (QED) is 0.451. The highest BCUT2D eigenvalue weighted by Gasteiger charge is 2.43. The lowest BCUT2D eigenvalue weighted by atomic mass is 10.1. The Balaban J connectivity index is 1.21. The third-order valence-corrected chi connectivity index (χ3v) is 9.12. The first-order valence-electron chi connectivity index (χ1n) is 16.7. The van der Waals surface area contributed by atoms with Crippen LogP contribution < -0.4 is 14.8 Å². The van der Waals surface area contributed by atoms with Gasteiger partial charge in [-0.15, -0.1) is 0 Å². The first-order chi connectivity index (χ1) is 22.4. The average molecular weight is 628 g/mol. The van der Waals surface area contributed by atoms with Gasteiger partial charge >= 0.3 is 0 Å². The zero-order chi connectivity index (χ0) is 32.0. The predicted octanol–water partition coefficient (Wildman–Crippen LogP) is 4.27. The Morgan fingerprint density at radius 3 is 2.54 bits per heavy atom. The Kier molecular flexibility index (Phi) is 10.0. The van der Waals surface area contributed by atoms with Crippen molar-refractivity contribution in [2.24, 2.45) is 5.92 Å². The van der Waals surface area contributed by atoms with E-state index in [4.69, 9.17) is 9.47 Å². The van der Waals surface area contributed by atoms with Crippen LogP contribution >= 0.6 is 0 Å². The lowest BCUT2D eigenvalue weighted by Crippen LogP contribution is -2.46. The van der Waals surface area contributed by atoms with Crippen molar-refractivity contribution in [3.8, 4) is 11.5 Å². The molecule has 0 aliphatic carbocycles. The van der Waals surface area contributed by atoms with Crippen molar-refractivity contribution in [2.45, 2.75) is 64.6 Å². The minimum atomic E-state index is -0.658. The van der Waals surface area contributed by atoms with Gasteiger partial charge < -0.3 is 24.6 Å². The molecule has 2 bridgehead atoms. The molecule has 0 spiro atoms. The van der Waals surface area contributed by atoms with Gasteiger partial charge in [-0.25, -0.2) is 0 Å². The van der Waals surface area contributed by atoms with Gasteiger partial charge in [-0.1, -0.05) is 44.2 Å². The summed E-state index contributed by atoms with van der Waals surface area (Å²) in [5.41, 5.74) is 1.46. The number of amides is 3. The monoisotopic (exact) mass is 627 g/mol. The molecule has 4 heterocycles. The molecule has 0 saturated carbocycles. The Bertz CT molecular complexity index is 1560. The van der Waals surface area contributed by atoms with E-state index < -0.39 is 6.04 Å². The molecule has 10 heteroatoms. The van der Waals surface area contributed by atoms with E-state index in [2.05, 4.69) is 27.3 Å². The van der Waals surface area contributed by atoms with E-state index in [9.17, 15) is 14.4 Å². The van der Waals surface area contributed by atoms with Crippen molar-refractivity contribution in [3.05, 3.63) is 66.0 Å². The number of hydrogen-bond acceptors (Lipinski definition) is 7. The van der Waals surface area contributed by atoms with Gasteiger partial charge in [-0.2, -0.15) is 0 Å². The molecule has 3 aliphatic heterocycles. The van der Waals surface area contributed by atoms with Crippen molar-refractivity contribution < 1.29 is 23.9 Å². The minimum absolute atomic E-state index is 0.0720. The largest absolute Gasteiger partial charge is 0.486 e. The van der Waals surface area contributed by atoms with E-state index >= 15 is 0 Å². The van der Waals surface area contributed by atoms with Gasteiger partial charge in [0, 0.05) is 50.7 Å². The summed E-state index contributed by atoms with van der Waals surface area (Å²) in [6.45, 7) is 9.06. The van der Waals surface area contributed by atoms with Crippen LogP contribution in [0.1, 0.15) is 62.0 Å². The summed E-state index contributed by atoms with van der Waals surface area (Å²) in [4.78, 5) is 51.7. The average Bonchev–Trinajstić information content (AvgIpc) is 3.50. The molecule has 1 N–H and O–H groups in total. The normalized spacial score (nSPS) is 21.2. The smallest absolute Gasteiger partial charge is 0.273 e. The number of ether oxygens (including phenoxy) is 2. The first-order valence-corrected chi connectivity index (χ1v) is 16.7. The standard InChI is InChI=1S/C36H45N5O5/c1-25(2)18-34(42)40-15-7-14-39(23-26-10-11-32-33(19-26)46-17-16-45-32)13-6-5-12-37-35(43)31-21-29(40)24-41(31)36(44)30-20-27-8-3-4-9-28(27)22-38-30/h3-4,8-11,19-20,22,25,29,31H,5-7,12-18,21,23-24H2,1-2H3,(H,37,43)/t29-,31-/m0/s1. The second-order valence-corrected chi connectivity index (χ2v) is 13.1. The van der Waals surface area contributed by atoms with Gasteiger partial charge in [-0.3, -0.25) is 24.3 Å². The van der Waals surface area contributed by atoms with E-state index in [1.807, 2.05) is 49.1 Å². The number of pyridine rings is 1. The molecule has 3 amide bonds. The van der Waals surface area contributed by atoms with Crippen LogP contribution in [0.15, 0.2) is 54.7 Å². The number of aromatic nitrogens is 1. The van der Waals surface area contributed by atoms with Crippen LogP contribution in [0.4, 0.5) is 0 Å². The van der Waals surface area contributed by atoms with Crippen LogP contribution in [-0.4, -0.2) is 95.4 Å². The molecule has 3 aromatic rings. The third-order valence-electron chi connectivity index (χ3n) is 9.12. The van der Waals surface area contributed by atoms with Crippen molar-refractivity contribution in [1.29, 1.82) is 0 Å². The van der Waals surface area contributed by atoms with Crippen LogP contribution in [0.25, 0.3) is 10.8 Å². The second kappa shape index (κ2) is 14.5. The summed E-state index contributed by atoms with van der Waals surface area (Å²) >= 11 is 0. The highest BCUT2D eigenvalue weighted by Crippen LogP contribution is 2.31. The zero-order valence-corrected chi connectivity index (χ0v) is 27.0. The number of hydrogen-bond donors (Lipinski definition) is 1. The maximum atomic E-state index is 13.9. The number of carbonyl (C=O) groups excluding carboxylic acids is 3. The molecule has 2 saturated heterocycles. The van der Waals surface area contributed by atoms with Crippen molar-refractivity contribution >= 4 is 28.5 Å². The Morgan fingerprint density at radius 1 is 0.935 bits per heavy atom. The van der Waals surface area contributed by atoms with Gasteiger partial charge in [0.1, 0.15) is 24.9 Å². The van der Waals surface area contributed by atoms with Gasteiger partial charge in [-0.05, 0) is 67.3 Å². The number of nitrogens with one attached hydrogen (secondary N) is 1. The number of likely N-dealkylation sites (tertiary alicyclic amines) is 1. The molecule has 3 aliphatic rings. The maximum absolute atomic E-state index is 13.9. The molecular formula is C36H45N5O5. The SMILES string of the molecule is CC(C)CC(=O)N1CCCN(Cc2ccc3c(c2)OCCO3)CCCCNC(=O)[C@@H]2C[C@H]1CN2C(=O)c1cc2ccccc2cn1. The summed E-state index contributed by atoms with van der Waals surface area (Å²) in [6, 6.07) is 14.8. The summed E-state index contributed by atoms with van der Waals surface area (Å²) in [5.74, 6) is 1.39. The van der Waals surface area contributed by atoms with Gasteiger partial charge in [0.05, 0.1) is 6.04 Å². The molecule has 244 valence electrons. The maximum Gasteiger partial charge on any atom is 0.273 e. The molecule has 6 rings (SSSR count). The fraction of sp³-hybridized carbons (Fsp3) is 0.500. The van der Waals surface area contributed by atoms with Crippen molar-refractivity contribution in [1.82, 2.24) is 25.0 Å². The second-order valence-electron chi connectivity index (χ2n) is 13.1.